The van der Waals surface area contributed by atoms with Crippen molar-refractivity contribution in [2.45, 2.75) is 19.9 Å². The molecule has 0 unspecified atom stereocenters. The zero-order chi connectivity index (χ0) is 22.9. The Hall–Kier alpha value is -3.10. The summed E-state index contributed by atoms with van der Waals surface area (Å²) >= 11 is 0. The van der Waals surface area contributed by atoms with Crippen LogP contribution in [0.25, 0.3) is 22.2 Å². The molecule has 0 saturated heterocycles. The number of rotatable bonds is 8. The number of likely N-dealkylation sites (N-methyl/N-ethyl adjacent to an activating group) is 2. The number of aromatic carboxylic acids is 1. The van der Waals surface area contributed by atoms with Crippen molar-refractivity contribution >= 4 is 16.9 Å². The molecule has 0 amide bonds. The average molecular weight is 427 g/mol. The van der Waals surface area contributed by atoms with Gasteiger partial charge >= 0.3 is 5.97 Å². The first-order valence-corrected chi connectivity index (χ1v) is 10.3. The highest BCUT2D eigenvalue weighted by Crippen LogP contribution is 2.32. The van der Waals surface area contributed by atoms with Crippen molar-refractivity contribution in [1.29, 1.82) is 0 Å². The van der Waals surface area contributed by atoms with Gasteiger partial charge in [-0.2, -0.15) is 0 Å². The van der Waals surface area contributed by atoms with Gasteiger partial charge in [0.15, 0.2) is 5.56 Å². The van der Waals surface area contributed by atoms with Gasteiger partial charge in [0, 0.05) is 48.8 Å². The van der Waals surface area contributed by atoms with Crippen LogP contribution in [0.1, 0.15) is 28.5 Å². The van der Waals surface area contributed by atoms with Crippen molar-refractivity contribution in [3.05, 3.63) is 51.4 Å². The van der Waals surface area contributed by atoms with Gasteiger partial charge in [0.1, 0.15) is 5.75 Å². The van der Waals surface area contributed by atoms with Crippen molar-refractivity contribution in [3.8, 4) is 17.0 Å². The summed E-state index contributed by atoms with van der Waals surface area (Å²) in [6.45, 7) is 4.55. The predicted octanol–water partition coefficient (Wildman–Crippen LogP) is 2.49. The zero-order valence-electron chi connectivity index (χ0n) is 18.7. The lowest BCUT2D eigenvalue weighted by Gasteiger charge is -2.19. The van der Waals surface area contributed by atoms with Crippen LogP contribution in [0.5, 0.6) is 5.75 Å². The summed E-state index contributed by atoms with van der Waals surface area (Å²) < 4.78 is 2.15. The number of H-pyrrole nitrogens is 1. The molecule has 0 bridgehead atoms. The van der Waals surface area contributed by atoms with Crippen molar-refractivity contribution in [3.63, 3.8) is 0 Å². The molecule has 8 nitrogen and oxygen atoms in total. The Kier molecular flexibility index (Phi) is 6.52. The molecule has 0 spiro atoms. The third kappa shape index (κ3) is 4.50. The van der Waals surface area contributed by atoms with Crippen LogP contribution in [0.2, 0.25) is 0 Å². The number of carboxylic acid groups (broad SMARTS) is 1. The standard InChI is InChI=1S/C23H30N4O4/c1-6-17-20(24-22(29)19(21(17)28)23(30)31)14-7-8-18-15(11-14)12-16(27(18)5)13-26(4)10-9-25(2)3/h7-8,11-12H,6,9-10,13H2,1-5H3,(H,30,31)(H2,24,28,29). The van der Waals surface area contributed by atoms with Gasteiger partial charge < -0.3 is 24.7 Å². The fraction of sp³-hybridized carbons (Fsp3) is 0.391. The number of aromatic nitrogens is 2. The summed E-state index contributed by atoms with van der Waals surface area (Å²) in [5, 5.41) is 20.7. The van der Waals surface area contributed by atoms with Crippen LogP contribution in [0.4, 0.5) is 0 Å². The smallest absolute Gasteiger partial charge is 0.345 e. The van der Waals surface area contributed by atoms with Gasteiger partial charge in [-0.05, 0) is 51.3 Å². The maximum absolute atomic E-state index is 12.3. The van der Waals surface area contributed by atoms with E-state index in [0.717, 1.165) is 36.1 Å². The van der Waals surface area contributed by atoms with E-state index in [-0.39, 0.29) is 0 Å². The summed E-state index contributed by atoms with van der Waals surface area (Å²) in [6, 6.07) is 7.95. The highest BCUT2D eigenvalue weighted by Gasteiger charge is 2.22. The van der Waals surface area contributed by atoms with E-state index < -0.39 is 22.8 Å². The molecule has 166 valence electrons. The minimum absolute atomic E-state index is 0.382. The first-order chi connectivity index (χ1) is 14.6. The zero-order valence-corrected chi connectivity index (χ0v) is 18.7. The molecule has 3 rings (SSSR count). The SMILES string of the molecule is CCc1c(-c2ccc3c(c2)cc(CN(C)CCN(C)C)n3C)[nH]c(=O)c(C(=O)O)c1O. The average Bonchev–Trinajstić information content (AvgIpc) is 3.00. The fourth-order valence-corrected chi connectivity index (χ4v) is 3.86. The second kappa shape index (κ2) is 8.95. The molecule has 3 aromatic rings. The maximum atomic E-state index is 12.3. The van der Waals surface area contributed by atoms with Crippen LogP contribution < -0.4 is 5.56 Å². The second-order valence-electron chi connectivity index (χ2n) is 8.20. The number of hydrogen-bond acceptors (Lipinski definition) is 5. The lowest BCUT2D eigenvalue weighted by molar-refractivity contribution is 0.0691. The molecule has 0 radical (unpaired) electrons. The molecule has 8 heteroatoms. The van der Waals surface area contributed by atoms with E-state index in [9.17, 15) is 19.8 Å². The monoisotopic (exact) mass is 426 g/mol. The van der Waals surface area contributed by atoms with Crippen LogP contribution in [0.15, 0.2) is 29.1 Å². The first kappa shape index (κ1) is 22.6. The molecule has 2 heterocycles. The minimum atomic E-state index is -1.44. The van der Waals surface area contributed by atoms with E-state index in [1.165, 1.54) is 5.69 Å². The van der Waals surface area contributed by atoms with E-state index in [1.54, 1.807) is 0 Å². The quantitative estimate of drug-likeness (QED) is 0.512. The van der Waals surface area contributed by atoms with Gasteiger partial charge in [-0.3, -0.25) is 9.69 Å². The van der Waals surface area contributed by atoms with E-state index in [2.05, 4.69) is 46.6 Å². The molecule has 0 atom stereocenters. The van der Waals surface area contributed by atoms with Gasteiger partial charge in [-0.25, -0.2) is 4.79 Å². The van der Waals surface area contributed by atoms with Crippen LogP contribution in [-0.4, -0.2) is 69.8 Å². The maximum Gasteiger partial charge on any atom is 0.345 e. The first-order valence-electron chi connectivity index (χ1n) is 10.3. The number of aromatic hydroxyl groups is 1. The van der Waals surface area contributed by atoms with Crippen molar-refractivity contribution in [1.82, 2.24) is 19.4 Å². The van der Waals surface area contributed by atoms with E-state index in [0.29, 0.717) is 17.7 Å². The molecule has 2 aromatic heterocycles. The van der Waals surface area contributed by atoms with Gasteiger partial charge in [0.2, 0.25) is 0 Å². The highest BCUT2D eigenvalue weighted by atomic mass is 16.4. The molecule has 0 aliphatic heterocycles. The molecule has 0 aliphatic rings. The van der Waals surface area contributed by atoms with E-state index in [1.807, 2.05) is 32.2 Å². The Balaban J connectivity index is 2.02. The number of pyridine rings is 1. The Morgan fingerprint density at radius 1 is 1.16 bits per heavy atom. The number of carboxylic acids is 1. The summed E-state index contributed by atoms with van der Waals surface area (Å²) in [4.78, 5) is 30.7. The van der Waals surface area contributed by atoms with E-state index >= 15 is 0 Å². The minimum Gasteiger partial charge on any atom is -0.506 e. The van der Waals surface area contributed by atoms with Gasteiger partial charge in [0.25, 0.3) is 5.56 Å². The molecule has 31 heavy (non-hydrogen) atoms. The number of fused-ring (bicyclic) bond motifs is 1. The van der Waals surface area contributed by atoms with Crippen molar-refractivity contribution in [2.24, 2.45) is 7.05 Å². The van der Waals surface area contributed by atoms with Crippen LogP contribution in [-0.2, 0) is 20.0 Å². The Labute approximate surface area is 181 Å². The normalized spacial score (nSPS) is 11.7. The largest absolute Gasteiger partial charge is 0.506 e. The third-order valence-electron chi connectivity index (χ3n) is 5.65. The number of benzene rings is 1. The fourth-order valence-electron chi connectivity index (χ4n) is 3.86. The van der Waals surface area contributed by atoms with E-state index in [4.69, 9.17) is 0 Å². The lowest BCUT2D eigenvalue weighted by atomic mass is 9.99. The molecule has 1 aromatic carbocycles. The molecular weight excluding hydrogens is 396 g/mol. The van der Waals surface area contributed by atoms with Gasteiger partial charge in [-0.15, -0.1) is 0 Å². The number of nitrogens with one attached hydrogen (secondary N) is 1. The van der Waals surface area contributed by atoms with Crippen molar-refractivity contribution < 1.29 is 15.0 Å². The Morgan fingerprint density at radius 3 is 2.48 bits per heavy atom. The highest BCUT2D eigenvalue weighted by molar-refractivity contribution is 5.92. The van der Waals surface area contributed by atoms with Crippen LogP contribution in [0.3, 0.4) is 0 Å². The summed E-state index contributed by atoms with van der Waals surface area (Å²) in [5.41, 5.74) is 2.39. The Morgan fingerprint density at radius 2 is 1.87 bits per heavy atom. The number of hydrogen-bond donors (Lipinski definition) is 3. The van der Waals surface area contributed by atoms with Crippen LogP contribution >= 0.6 is 0 Å². The summed E-state index contributed by atoms with van der Waals surface area (Å²) in [6.07, 6.45) is 0.382. The number of aromatic amines is 1. The number of carbonyl (C=O) groups is 1. The molecular formula is C23H30N4O4. The van der Waals surface area contributed by atoms with Crippen molar-refractivity contribution in [2.75, 3.05) is 34.2 Å². The van der Waals surface area contributed by atoms with Crippen LogP contribution in [0, 0.1) is 0 Å². The van der Waals surface area contributed by atoms with Gasteiger partial charge in [-0.1, -0.05) is 13.0 Å². The molecule has 0 saturated carbocycles. The lowest BCUT2D eigenvalue weighted by Crippen LogP contribution is -2.28. The summed E-state index contributed by atoms with van der Waals surface area (Å²) in [7, 11) is 8.24. The predicted molar refractivity (Wildman–Crippen MR) is 122 cm³/mol. The molecule has 0 aliphatic carbocycles. The van der Waals surface area contributed by atoms with Gasteiger partial charge in [0.05, 0.1) is 5.69 Å². The molecule has 3 N–H and O–H groups in total. The number of aryl methyl sites for hydroxylation is 1. The third-order valence-corrected chi connectivity index (χ3v) is 5.65. The topological polar surface area (TPSA) is 102 Å². The Bertz CT molecular complexity index is 1180. The molecule has 0 fully saturated rings. The second-order valence-corrected chi connectivity index (χ2v) is 8.20. The number of nitrogens with zero attached hydrogens (tertiary/aromatic N) is 3. The summed E-state index contributed by atoms with van der Waals surface area (Å²) in [5.74, 6) is -1.91.